The van der Waals surface area contributed by atoms with E-state index in [2.05, 4.69) is 16.7 Å². The van der Waals surface area contributed by atoms with Crippen LogP contribution in [0.3, 0.4) is 0 Å². The molecule has 0 aromatic heterocycles. The molecule has 4 heteroatoms. The molecule has 2 rings (SSSR count). The van der Waals surface area contributed by atoms with Gasteiger partial charge in [-0.2, -0.15) is 0 Å². The lowest BCUT2D eigenvalue weighted by molar-refractivity contribution is 0.0412. The van der Waals surface area contributed by atoms with Gasteiger partial charge in [-0.25, -0.2) is 0 Å². The zero-order valence-corrected chi connectivity index (χ0v) is 11.1. The predicted molar refractivity (Wildman–Crippen MR) is 68.3 cm³/mol. The van der Waals surface area contributed by atoms with Crippen molar-refractivity contribution in [1.82, 2.24) is 9.80 Å². The number of hydrogen-bond donors (Lipinski definition) is 0. The summed E-state index contributed by atoms with van der Waals surface area (Å²) < 4.78 is 11.1. The highest BCUT2D eigenvalue weighted by atomic mass is 16.5. The van der Waals surface area contributed by atoms with Gasteiger partial charge in [-0.05, 0) is 19.8 Å². The van der Waals surface area contributed by atoms with Crippen LogP contribution in [0.2, 0.25) is 0 Å². The lowest BCUT2D eigenvalue weighted by Gasteiger charge is -2.35. The Labute approximate surface area is 105 Å². The van der Waals surface area contributed by atoms with Crippen molar-refractivity contribution in [3.05, 3.63) is 0 Å². The monoisotopic (exact) mass is 242 g/mol. The van der Waals surface area contributed by atoms with E-state index in [-0.39, 0.29) is 0 Å². The Morgan fingerprint density at radius 3 is 2.59 bits per heavy atom. The average molecular weight is 242 g/mol. The molecule has 2 heterocycles. The van der Waals surface area contributed by atoms with Crippen molar-refractivity contribution in [2.45, 2.75) is 25.9 Å². The molecule has 0 aliphatic carbocycles. The number of hydrogen-bond acceptors (Lipinski definition) is 4. The molecule has 1 unspecified atom stereocenters. The highest BCUT2D eigenvalue weighted by molar-refractivity contribution is 4.76. The molecule has 17 heavy (non-hydrogen) atoms. The molecule has 0 aromatic carbocycles. The van der Waals surface area contributed by atoms with Gasteiger partial charge in [0.15, 0.2) is 0 Å². The summed E-state index contributed by atoms with van der Waals surface area (Å²) in [4.78, 5) is 5.05. The summed E-state index contributed by atoms with van der Waals surface area (Å²) in [6.07, 6.45) is 3.01. The summed E-state index contributed by atoms with van der Waals surface area (Å²) in [5, 5.41) is 0. The van der Waals surface area contributed by atoms with Crippen LogP contribution >= 0.6 is 0 Å². The minimum absolute atomic E-state index is 0.505. The first-order chi connectivity index (χ1) is 8.38. The standard InChI is InChI=1S/C13H26N2O2/c1-2-16-11-9-14-5-7-15(8-6-14)12-13-4-3-10-17-13/h13H,2-12H2,1H3. The summed E-state index contributed by atoms with van der Waals surface area (Å²) >= 11 is 0. The molecule has 2 fully saturated rings. The highest BCUT2D eigenvalue weighted by Gasteiger charge is 2.22. The van der Waals surface area contributed by atoms with Gasteiger partial charge < -0.3 is 9.47 Å². The van der Waals surface area contributed by atoms with Crippen LogP contribution < -0.4 is 0 Å². The normalized spacial score (nSPS) is 27.7. The number of ether oxygens (including phenoxy) is 2. The van der Waals surface area contributed by atoms with E-state index >= 15 is 0 Å². The van der Waals surface area contributed by atoms with Gasteiger partial charge in [-0.15, -0.1) is 0 Å². The molecule has 1 atom stereocenters. The summed E-state index contributed by atoms with van der Waals surface area (Å²) in [5.41, 5.74) is 0. The molecule has 100 valence electrons. The zero-order valence-electron chi connectivity index (χ0n) is 11.1. The van der Waals surface area contributed by atoms with E-state index in [9.17, 15) is 0 Å². The van der Waals surface area contributed by atoms with Crippen LogP contribution in [-0.2, 0) is 9.47 Å². The van der Waals surface area contributed by atoms with Crippen molar-refractivity contribution in [2.75, 3.05) is 59.1 Å². The second kappa shape index (κ2) is 7.31. The van der Waals surface area contributed by atoms with E-state index < -0.39 is 0 Å². The SMILES string of the molecule is CCOCCN1CCN(CC2CCCO2)CC1. The quantitative estimate of drug-likeness (QED) is 0.644. The molecule has 2 aliphatic heterocycles. The van der Waals surface area contributed by atoms with Crippen LogP contribution in [0.4, 0.5) is 0 Å². The van der Waals surface area contributed by atoms with E-state index in [1.54, 1.807) is 0 Å². The number of piperazine rings is 1. The lowest BCUT2D eigenvalue weighted by Crippen LogP contribution is -2.49. The fraction of sp³-hybridized carbons (Fsp3) is 1.00. The van der Waals surface area contributed by atoms with Crippen LogP contribution in [0.5, 0.6) is 0 Å². The van der Waals surface area contributed by atoms with Crippen molar-refractivity contribution in [1.29, 1.82) is 0 Å². The van der Waals surface area contributed by atoms with Crippen LogP contribution in [0.1, 0.15) is 19.8 Å². The maximum Gasteiger partial charge on any atom is 0.0702 e. The van der Waals surface area contributed by atoms with Crippen molar-refractivity contribution in [3.63, 3.8) is 0 Å². The summed E-state index contributed by atoms with van der Waals surface area (Å²) in [6, 6.07) is 0. The first-order valence-electron chi connectivity index (χ1n) is 7.02. The van der Waals surface area contributed by atoms with Gasteiger partial charge in [-0.3, -0.25) is 9.80 Å². The molecule has 2 saturated heterocycles. The number of nitrogens with zero attached hydrogens (tertiary/aromatic N) is 2. The maximum atomic E-state index is 5.69. The van der Waals surface area contributed by atoms with E-state index in [4.69, 9.17) is 9.47 Å². The molecule has 0 bridgehead atoms. The molecular formula is C13H26N2O2. The molecule has 4 nitrogen and oxygen atoms in total. The molecule has 2 aliphatic rings. The highest BCUT2D eigenvalue weighted by Crippen LogP contribution is 2.14. The van der Waals surface area contributed by atoms with Gasteiger partial charge in [-0.1, -0.05) is 0 Å². The Kier molecular flexibility index (Phi) is 5.71. The fourth-order valence-corrected chi connectivity index (χ4v) is 2.61. The third-order valence-electron chi connectivity index (χ3n) is 3.71. The second-order valence-electron chi connectivity index (χ2n) is 4.97. The van der Waals surface area contributed by atoms with Gasteiger partial charge in [0.1, 0.15) is 0 Å². The lowest BCUT2D eigenvalue weighted by atomic mass is 10.2. The van der Waals surface area contributed by atoms with Crippen LogP contribution in [0.25, 0.3) is 0 Å². The minimum atomic E-state index is 0.505. The van der Waals surface area contributed by atoms with Crippen LogP contribution in [-0.4, -0.2) is 75.0 Å². The Balaban J connectivity index is 1.57. The molecule has 0 spiro atoms. The van der Waals surface area contributed by atoms with E-state index in [0.717, 1.165) is 32.9 Å². The topological polar surface area (TPSA) is 24.9 Å². The number of rotatable bonds is 6. The van der Waals surface area contributed by atoms with Gasteiger partial charge in [0.2, 0.25) is 0 Å². The largest absolute Gasteiger partial charge is 0.380 e. The third kappa shape index (κ3) is 4.54. The smallest absolute Gasteiger partial charge is 0.0702 e. The molecule has 0 aromatic rings. The Morgan fingerprint density at radius 1 is 1.18 bits per heavy atom. The van der Waals surface area contributed by atoms with Crippen LogP contribution in [0, 0.1) is 0 Å². The first-order valence-corrected chi connectivity index (χ1v) is 7.02. The van der Waals surface area contributed by atoms with Gasteiger partial charge in [0.05, 0.1) is 12.7 Å². The predicted octanol–water partition coefficient (Wildman–Crippen LogP) is 0.819. The molecular weight excluding hydrogens is 216 g/mol. The van der Waals surface area contributed by atoms with E-state index in [1.165, 1.54) is 39.0 Å². The maximum absolute atomic E-state index is 5.69. The van der Waals surface area contributed by atoms with Crippen LogP contribution in [0.15, 0.2) is 0 Å². The van der Waals surface area contributed by atoms with Crippen molar-refractivity contribution in [2.24, 2.45) is 0 Å². The summed E-state index contributed by atoms with van der Waals surface area (Å²) in [7, 11) is 0. The van der Waals surface area contributed by atoms with E-state index in [1.807, 2.05) is 0 Å². The summed E-state index contributed by atoms with van der Waals surface area (Å²) in [6.45, 7) is 11.7. The second-order valence-corrected chi connectivity index (χ2v) is 4.97. The Morgan fingerprint density at radius 2 is 1.94 bits per heavy atom. The molecule has 0 saturated carbocycles. The van der Waals surface area contributed by atoms with Crippen molar-refractivity contribution >= 4 is 0 Å². The van der Waals surface area contributed by atoms with Gasteiger partial charge in [0, 0.05) is 52.5 Å². The third-order valence-corrected chi connectivity index (χ3v) is 3.71. The molecule has 0 N–H and O–H groups in total. The fourth-order valence-electron chi connectivity index (χ4n) is 2.61. The average Bonchev–Trinajstić information content (AvgIpc) is 2.85. The van der Waals surface area contributed by atoms with Crippen molar-refractivity contribution < 1.29 is 9.47 Å². The first kappa shape index (κ1) is 13.3. The molecule has 0 radical (unpaired) electrons. The zero-order chi connectivity index (χ0) is 11.9. The van der Waals surface area contributed by atoms with Gasteiger partial charge >= 0.3 is 0 Å². The minimum Gasteiger partial charge on any atom is -0.380 e. The summed E-state index contributed by atoms with van der Waals surface area (Å²) in [5.74, 6) is 0. The molecule has 0 amide bonds. The van der Waals surface area contributed by atoms with Gasteiger partial charge in [0.25, 0.3) is 0 Å². The Hall–Kier alpha value is -0.160. The Bertz CT molecular complexity index is 200. The van der Waals surface area contributed by atoms with E-state index in [0.29, 0.717) is 6.10 Å². The van der Waals surface area contributed by atoms with Crippen molar-refractivity contribution in [3.8, 4) is 0 Å².